The summed E-state index contributed by atoms with van der Waals surface area (Å²) >= 11 is 0. The van der Waals surface area contributed by atoms with E-state index in [4.69, 9.17) is 4.74 Å². The molecule has 5 nitrogen and oxygen atoms in total. The zero-order chi connectivity index (χ0) is 13.0. The molecule has 0 amide bonds. The fourth-order valence-electron chi connectivity index (χ4n) is 2.52. The number of aromatic amines is 1. The van der Waals surface area contributed by atoms with E-state index < -0.39 is 0 Å². The van der Waals surface area contributed by atoms with Crippen molar-refractivity contribution >= 4 is 5.97 Å². The van der Waals surface area contributed by atoms with Gasteiger partial charge in [-0.3, -0.25) is 9.89 Å². The molecular weight excluding hydrogens is 230 g/mol. The molecule has 100 valence electrons. The number of carbonyl (C=O) groups excluding carboxylic acids is 1. The van der Waals surface area contributed by atoms with Crippen molar-refractivity contribution in [3.8, 4) is 0 Å². The Labute approximate surface area is 107 Å². The van der Waals surface area contributed by atoms with Gasteiger partial charge in [-0.25, -0.2) is 4.98 Å². The molecule has 0 saturated heterocycles. The van der Waals surface area contributed by atoms with Crippen LogP contribution in [0.5, 0.6) is 0 Å². The Morgan fingerprint density at radius 1 is 1.44 bits per heavy atom. The first-order valence-electron chi connectivity index (χ1n) is 6.85. The Morgan fingerprint density at radius 3 is 2.78 bits per heavy atom. The van der Waals surface area contributed by atoms with Gasteiger partial charge in [0, 0.05) is 5.92 Å². The monoisotopic (exact) mass is 251 g/mol. The number of carbonyl (C=O) groups is 1. The average Bonchev–Trinajstić information content (AvgIpc) is 3.00. The number of nitrogens with one attached hydrogen (secondary N) is 1. The molecule has 1 aromatic rings. The molecule has 1 fully saturated rings. The predicted molar refractivity (Wildman–Crippen MR) is 67.3 cm³/mol. The molecular formula is C13H21N3O2. The third kappa shape index (κ3) is 2.71. The standard InChI is InChI=1S/C13H21N3O2/c1-3-10(13(17)18-4-2)12-14-11(15-16-12)9-7-5-6-8-9/h9-10H,3-8H2,1-2H3,(H,14,15,16). The van der Waals surface area contributed by atoms with Gasteiger partial charge in [0.25, 0.3) is 0 Å². The van der Waals surface area contributed by atoms with Crippen molar-refractivity contribution in [3.63, 3.8) is 0 Å². The molecule has 0 aromatic carbocycles. The first-order valence-corrected chi connectivity index (χ1v) is 6.85. The summed E-state index contributed by atoms with van der Waals surface area (Å²) in [6.07, 6.45) is 5.53. The highest BCUT2D eigenvalue weighted by Gasteiger charge is 2.27. The van der Waals surface area contributed by atoms with Crippen LogP contribution in [0.2, 0.25) is 0 Å². The minimum Gasteiger partial charge on any atom is -0.465 e. The van der Waals surface area contributed by atoms with E-state index in [1.54, 1.807) is 0 Å². The lowest BCUT2D eigenvalue weighted by Gasteiger charge is -2.09. The molecule has 1 unspecified atom stereocenters. The largest absolute Gasteiger partial charge is 0.465 e. The summed E-state index contributed by atoms with van der Waals surface area (Å²) in [5, 5.41) is 7.19. The molecule has 1 heterocycles. The third-order valence-electron chi connectivity index (χ3n) is 3.55. The van der Waals surface area contributed by atoms with Crippen molar-refractivity contribution in [2.45, 2.75) is 57.8 Å². The van der Waals surface area contributed by atoms with E-state index >= 15 is 0 Å². The van der Waals surface area contributed by atoms with E-state index in [-0.39, 0.29) is 11.9 Å². The lowest BCUT2D eigenvalue weighted by molar-refractivity contribution is -0.145. The van der Waals surface area contributed by atoms with Crippen molar-refractivity contribution in [1.82, 2.24) is 15.2 Å². The van der Waals surface area contributed by atoms with E-state index in [9.17, 15) is 4.79 Å². The molecule has 0 spiro atoms. The Hall–Kier alpha value is -1.39. The molecule has 18 heavy (non-hydrogen) atoms. The maximum absolute atomic E-state index is 11.8. The molecule has 1 N–H and O–H groups in total. The Bertz CT molecular complexity index is 397. The van der Waals surface area contributed by atoms with E-state index in [1.807, 2.05) is 13.8 Å². The van der Waals surface area contributed by atoms with Crippen LogP contribution in [0.1, 0.15) is 69.4 Å². The first-order chi connectivity index (χ1) is 8.76. The van der Waals surface area contributed by atoms with Crippen molar-refractivity contribution in [1.29, 1.82) is 0 Å². The number of esters is 1. The number of hydrogen-bond acceptors (Lipinski definition) is 4. The van der Waals surface area contributed by atoms with E-state index in [0.717, 1.165) is 5.82 Å². The van der Waals surface area contributed by atoms with E-state index in [1.165, 1.54) is 25.7 Å². The Balaban J connectivity index is 2.09. The van der Waals surface area contributed by atoms with Crippen LogP contribution in [0.25, 0.3) is 0 Å². The average molecular weight is 251 g/mol. The van der Waals surface area contributed by atoms with Gasteiger partial charge in [-0.05, 0) is 26.2 Å². The van der Waals surface area contributed by atoms with Crippen molar-refractivity contribution < 1.29 is 9.53 Å². The normalized spacial score (nSPS) is 17.9. The third-order valence-corrected chi connectivity index (χ3v) is 3.55. The Morgan fingerprint density at radius 2 is 2.17 bits per heavy atom. The number of nitrogens with zero attached hydrogens (tertiary/aromatic N) is 2. The van der Waals surface area contributed by atoms with Gasteiger partial charge in [-0.1, -0.05) is 19.8 Å². The van der Waals surface area contributed by atoms with Gasteiger partial charge >= 0.3 is 5.97 Å². The second kappa shape index (κ2) is 5.98. The molecule has 1 aliphatic carbocycles. The van der Waals surface area contributed by atoms with Gasteiger partial charge in [-0.15, -0.1) is 0 Å². The summed E-state index contributed by atoms with van der Waals surface area (Å²) in [5.41, 5.74) is 0. The molecule has 1 atom stereocenters. The van der Waals surface area contributed by atoms with E-state index in [0.29, 0.717) is 24.8 Å². The van der Waals surface area contributed by atoms with Crippen LogP contribution in [-0.4, -0.2) is 27.8 Å². The van der Waals surface area contributed by atoms with Crippen molar-refractivity contribution in [2.75, 3.05) is 6.61 Å². The summed E-state index contributed by atoms with van der Waals surface area (Å²) in [6.45, 7) is 4.16. The Kier molecular flexibility index (Phi) is 4.33. The predicted octanol–water partition coefficient (Wildman–Crippen LogP) is 2.52. The zero-order valence-electron chi connectivity index (χ0n) is 11.1. The van der Waals surface area contributed by atoms with Crippen LogP contribution in [-0.2, 0) is 9.53 Å². The van der Waals surface area contributed by atoms with Gasteiger partial charge in [0.05, 0.1) is 6.61 Å². The second-order valence-electron chi connectivity index (χ2n) is 4.77. The molecule has 0 aliphatic heterocycles. The van der Waals surface area contributed by atoms with Crippen LogP contribution in [0.3, 0.4) is 0 Å². The quantitative estimate of drug-likeness (QED) is 0.816. The molecule has 1 saturated carbocycles. The van der Waals surface area contributed by atoms with Crippen molar-refractivity contribution in [2.24, 2.45) is 0 Å². The number of ether oxygens (including phenoxy) is 1. The SMILES string of the molecule is CCOC(=O)C(CC)c1n[nH]c(C2CCCC2)n1. The maximum atomic E-state index is 11.8. The summed E-state index contributed by atoms with van der Waals surface area (Å²) in [6, 6.07) is 0. The van der Waals surface area contributed by atoms with Crippen LogP contribution in [0.15, 0.2) is 0 Å². The summed E-state index contributed by atoms with van der Waals surface area (Å²) in [4.78, 5) is 16.3. The lowest BCUT2D eigenvalue weighted by atomic mass is 10.1. The minimum absolute atomic E-state index is 0.225. The summed E-state index contributed by atoms with van der Waals surface area (Å²) < 4.78 is 5.05. The number of hydrogen-bond donors (Lipinski definition) is 1. The minimum atomic E-state index is -0.337. The van der Waals surface area contributed by atoms with Crippen LogP contribution in [0.4, 0.5) is 0 Å². The van der Waals surface area contributed by atoms with Gasteiger partial charge in [0.15, 0.2) is 5.82 Å². The lowest BCUT2D eigenvalue weighted by Crippen LogP contribution is -2.16. The topological polar surface area (TPSA) is 67.9 Å². The van der Waals surface area contributed by atoms with Gasteiger partial charge < -0.3 is 4.74 Å². The first kappa shape index (κ1) is 13.1. The molecule has 1 aromatic heterocycles. The second-order valence-corrected chi connectivity index (χ2v) is 4.77. The summed E-state index contributed by atoms with van der Waals surface area (Å²) in [7, 11) is 0. The molecule has 2 rings (SSSR count). The zero-order valence-corrected chi connectivity index (χ0v) is 11.1. The van der Waals surface area contributed by atoms with Crippen LogP contribution >= 0.6 is 0 Å². The number of rotatable bonds is 5. The highest BCUT2D eigenvalue weighted by Crippen LogP contribution is 2.32. The highest BCUT2D eigenvalue weighted by molar-refractivity contribution is 5.76. The van der Waals surface area contributed by atoms with Crippen molar-refractivity contribution in [3.05, 3.63) is 11.6 Å². The smallest absolute Gasteiger partial charge is 0.316 e. The fraction of sp³-hybridized carbons (Fsp3) is 0.769. The van der Waals surface area contributed by atoms with Crippen LogP contribution < -0.4 is 0 Å². The van der Waals surface area contributed by atoms with Gasteiger partial charge in [-0.2, -0.15) is 5.10 Å². The maximum Gasteiger partial charge on any atom is 0.316 e. The molecule has 0 bridgehead atoms. The summed E-state index contributed by atoms with van der Waals surface area (Å²) in [5.74, 6) is 1.45. The van der Waals surface area contributed by atoms with E-state index in [2.05, 4.69) is 15.2 Å². The van der Waals surface area contributed by atoms with Gasteiger partial charge in [0.1, 0.15) is 11.7 Å². The van der Waals surface area contributed by atoms with Crippen LogP contribution in [0, 0.1) is 0 Å². The molecule has 1 aliphatic rings. The van der Waals surface area contributed by atoms with Gasteiger partial charge in [0.2, 0.25) is 0 Å². The fourth-order valence-corrected chi connectivity index (χ4v) is 2.52. The number of aromatic nitrogens is 3. The number of H-pyrrole nitrogens is 1. The molecule has 0 radical (unpaired) electrons. The molecule has 5 heteroatoms. The highest BCUT2D eigenvalue weighted by atomic mass is 16.5.